The molecule has 9 heteroatoms. The van der Waals surface area contributed by atoms with Crippen LogP contribution in [0.1, 0.15) is 39.7 Å². The molecule has 4 N–H and O–H groups in total. The minimum atomic E-state index is -1.64. The van der Waals surface area contributed by atoms with Crippen molar-refractivity contribution in [3.05, 3.63) is 93.2 Å². The summed E-state index contributed by atoms with van der Waals surface area (Å²) in [6, 6.07) is 13.3. The summed E-state index contributed by atoms with van der Waals surface area (Å²) in [5.41, 5.74) is 2.44. The van der Waals surface area contributed by atoms with Gasteiger partial charge >= 0.3 is 0 Å². The van der Waals surface area contributed by atoms with Gasteiger partial charge < -0.3 is 20.8 Å². The maximum absolute atomic E-state index is 13.7. The smallest absolute Gasteiger partial charge is 0.249 e. The number of halogens is 2. The van der Waals surface area contributed by atoms with E-state index in [4.69, 9.17) is 0 Å². The highest BCUT2D eigenvalue weighted by Gasteiger charge is 2.27. The maximum atomic E-state index is 13.7. The summed E-state index contributed by atoms with van der Waals surface area (Å²) < 4.78 is 27.4. The van der Waals surface area contributed by atoms with Gasteiger partial charge in [0.25, 0.3) is 0 Å². The van der Waals surface area contributed by atoms with Crippen molar-refractivity contribution in [2.45, 2.75) is 51.0 Å². The summed E-state index contributed by atoms with van der Waals surface area (Å²) in [5.74, 6) is -2.79. The number of aliphatic hydroxyl groups is 2. The molecule has 1 amide bonds. The SMILES string of the molecule is CCc1cccc(CNCC(O)C(Cc2cc(F)cc(F)c2)NC(=O)C(O)CC(=O)c2cccs2)c1. The summed E-state index contributed by atoms with van der Waals surface area (Å²) in [4.78, 5) is 25.3. The van der Waals surface area contributed by atoms with Crippen LogP contribution in [0.15, 0.2) is 60.0 Å². The van der Waals surface area contributed by atoms with Crippen molar-refractivity contribution in [3.63, 3.8) is 0 Å². The van der Waals surface area contributed by atoms with Crippen molar-refractivity contribution >= 4 is 23.0 Å². The quantitative estimate of drug-likeness (QED) is 0.261. The molecule has 0 saturated heterocycles. The zero-order valence-corrected chi connectivity index (χ0v) is 20.7. The van der Waals surface area contributed by atoms with E-state index in [9.17, 15) is 28.6 Å². The number of nitrogens with one attached hydrogen (secondary N) is 2. The highest BCUT2D eigenvalue weighted by molar-refractivity contribution is 7.12. The molecule has 0 aliphatic carbocycles. The number of Topliss-reactive ketones (excluding diaryl/α,β-unsaturated/α-hetero) is 1. The van der Waals surface area contributed by atoms with E-state index >= 15 is 0 Å². The van der Waals surface area contributed by atoms with Gasteiger partial charge in [-0.25, -0.2) is 8.78 Å². The average Bonchev–Trinajstić information content (AvgIpc) is 3.38. The number of carbonyl (C=O) groups excluding carboxylic acids is 2. The summed E-state index contributed by atoms with van der Waals surface area (Å²) in [6.07, 6.45) is -2.39. The van der Waals surface area contributed by atoms with E-state index < -0.39 is 42.2 Å². The number of hydrogen-bond acceptors (Lipinski definition) is 6. The third kappa shape index (κ3) is 8.30. The van der Waals surface area contributed by atoms with Crippen LogP contribution in [0.25, 0.3) is 0 Å². The first-order valence-corrected chi connectivity index (χ1v) is 12.6. The standard InChI is InChI=1S/C27H30F2N2O4S/c1-2-17-5-3-6-18(9-17)15-30-16-25(34)22(12-19-10-20(28)13-21(29)11-19)31-27(35)24(33)14-23(32)26-7-4-8-36-26/h3-11,13,22,24-25,30,33-34H,2,12,14-16H2,1H3,(H,31,35). The van der Waals surface area contributed by atoms with Gasteiger partial charge in [-0.05, 0) is 53.1 Å². The van der Waals surface area contributed by atoms with Crippen LogP contribution >= 0.6 is 11.3 Å². The minimum Gasteiger partial charge on any atom is -0.390 e. The molecule has 0 bridgehead atoms. The fraction of sp³-hybridized carbons (Fsp3) is 0.333. The van der Waals surface area contributed by atoms with Crippen LogP contribution in [0, 0.1) is 11.6 Å². The van der Waals surface area contributed by atoms with E-state index in [2.05, 4.69) is 23.6 Å². The van der Waals surface area contributed by atoms with Gasteiger partial charge in [0, 0.05) is 25.6 Å². The molecule has 1 aromatic heterocycles. The van der Waals surface area contributed by atoms with Gasteiger partial charge in [-0.2, -0.15) is 0 Å². The number of carbonyl (C=O) groups is 2. The number of amides is 1. The maximum Gasteiger partial charge on any atom is 0.249 e. The lowest BCUT2D eigenvalue weighted by atomic mass is 9.99. The van der Waals surface area contributed by atoms with E-state index in [1.807, 2.05) is 18.2 Å². The molecule has 2 aromatic carbocycles. The predicted molar refractivity (Wildman–Crippen MR) is 135 cm³/mol. The van der Waals surface area contributed by atoms with Crippen LogP contribution in [-0.4, -0.2) is 46.7 Å². The second-order valence-electron chi connectivity index (χ2n) is 8.59. The third-order valence-corrected chi connectivity index (χ3v) is 6.64. The second kappa shape index (κ2) is 13.4. The van der Waals surface area contributed by atoms with Crippen LogP contribution < -0.4 is 10.6 Å². The number of benzene rings is 2. The first-order valence-electron chi connectivity index (χ1n) is 11.7. The lowest BCUT2D eigenvalue weighted by Crippen LogP contribution is -2.51. The summed E-state index contributed by atoms with van der Waals surface area (Å²) >= 11 is 1.21. The molecule has 192 valence electrons. The van der Waals surface area contributed by atoms with Gasteiger partial charge in [0.1, 0.15) is 17.7 Å². The normalized spacial score (nSPS) is 13.7. The van der Waals surface area contributed by atoms with Crippen LogP contribution in [-0.2, 0) is 24.2 Å². The molecule has 0 saturated carbocycles. The molecular weight excluding hydrogens is 486 g/mol. The van der Waals surface area contributed by atoms with Gasteiger partial charge in [-0.3, -0.25) is 9.59 Å². The number of aliphatic hydroxyl groups excluding tert-OH is 2. The fourth-order valence-corrected chi connectivity index (χ4v) is 4.49. The van der Waals surface area contributed by atoms with Gasteiger partial charge in [0.05, 0.1) is 17.0 Å². The molecule has 0 radical (unpaired) electrons. The van der Waals surface area contributed by atoms with E-state index in [1.54, 1.807) is 17.5 Å². The first kappa shape index (κ1) is 27.6. The minimum absolute atomic E-state index is 0.0727. The van der Waals surface area contributed by atoms with Crippen LogP contribution in [0.2, 0.25) is 0 Å². The molecule has 1 heterocycles. The molecular formula is C27H30F2N2O4S. The second-order valence-corrected chi connectivity index (χ2v) is 9.54. The third-order valence-electron chi connectivity index (χ3n) is 5.73. The average molecular weight is 517 g/mol. The summed E-state index contributed by atoms with van der Waals surface area (Å²) in [5, 5.41) is 28.5. The highest BCUT2D eigenvalue weighted by Crippen LogP contribution is 2.15. The molecule has 0 fully saturated rings. The van der Waals surface area contributed by atoms with E-state index in [0.29, 0.717) is 11.4 Å². The number of ketones is 1. The molecule has 3 atom stereocenters. The zero-order valence-electron chi connectivity index (χ0n) is 19.9. The van der Waals surface area contributed by atoms with Crippen LogP contribution in [0.3, 0.4) is 0 Å². The zero-order chi connectivity index (χ0) is 26.1. The molecule has 36 heavy (non-hydrogen) atoms. The molecule has 3 unspecified atom stereocenters. The van der Waals surface area contributed by atoms with Gasteiger partial charge in [-0.1, -0.05) is 37.3 Å². The van der Waals surface area contributed by atoms with Crippen molar-refractivity contribution in [1.82, 2.24) is 10.6 Å². The summed E-state index contributed by atoms with van der Waals surface area (Å²) in [6.45, 7) is 2.60. The van der Waals surface area contributed by atoms with Gasteiger partial charge in [0.15, 0.2) is 5.78 Å². The Hall–Kier alpha value is -2.98. The van der Waals surface area contributed by atoms with E-state index in [1.165, 1.54) is 16.9 Å². The largest absolute Gasteiger partial charge is 0.390 e. The Morgan fingerprint density at radius 3 is 2.36 bits per heavy atom. The highest BCUT2D eigenvalue weighted by atomic mass is 32.1. The molecule has 0 aliphatic rings. The Labute approximate surface area is 213 Å². The Balaban J connectivity index is 1.66. The monoisotopic (exact) mass is 516 g/mol. The van der Waals surface area contributed by atoms with Gasteiger partial charge in [-0.15, -0.1) is 11.3 Å². The van der Waals surface area contributed by atoms with E-state index in [0.717, 1.165) is 30.2 Å². The summed E-state index contributed by atoms with van der Waals surface area (Å²) in [7, 11) is 0. The van der Waals surface area contributed by atoms with Crippen LogP contribution in [0.4, 0.5) is 8.78 Å². The number of rotatable bonds is 13. The Kier molecular flexibility index (Phi) is 10.2. The number of aryl methyl sites for hydroxylation is 1. The lowest BCUT2D eigenvalue weighted by molar-refractivity contribution is -0.130. The van der Waals surface area contributed by atoms with Crippen molar-refractivity contribution in [2.75, 3.05) is 6.54 Å². The molecule has 0 spiro atoms. The molecule has 6 nitrogen and oxygen atoms in total. The topological polar surface area (TPSA) is 98.7 Å². The Morgan fingerprint density at radius 2 is 1.69 bits per heavy atom. The lowest BCUT2D eigenvalue weighted by Gasteiger charge is -2.26. The number of hydrogen-bond donors (Lipinski definition) is 4. The van der Waals surface area contributed by atoms with E-state index in [-0.39, 0.29) is 24.3 Å². The Morgan fingerprint density at radius 1 is 0.972 bits per heavy atom. The van der Waals surface area contributed by atoms with Crippen molar-refractivity contribution in [2.24, 2.45) is 0 Å². The number of thiophene rings is 1. The predicted octanol–water partition coefficient (Wildman–Crippen LogP) is 3.40. The Bertz CT molecular complexity index is 1140. The van der Waals surface area contributed by atoms with Gasteiger partial charge in [0.2, 0.25) is 5.91 Å². The fourth-order valence-electron chi connectivity index (χ4n) is 3.82. The molecule has 3 aromatic rings. The van der Waals surface area contributed by atoms with Crippen molar-refractivity contribution < 1.29 is 28.6 Å². The molecule has 3 rings (SSSR count). The van der Waals surface area contributed by atoms with Crippen molar-refractivity contribution in [3.8, 4) is 0 Å². The first-order chi connectivity index (χ1) is 17.2. The molecule has 0 aliphatic heterocycles. The van der Waals surface area contributed by atoms with Crippen molar-refractivity contribution in [1.29, 1.82) is 0 Å². The van der Waals surface area contributed by atoms with Crippen LogP contribution in [0.5, 0.6) is 0 Å².